The van der Waals surface area contributed by atoms with Crippen molar-refractivity contribution < 1.29 is 31.5 Å². The van der Waals surface area contributed by atoms with Gasteiger partial charge in [-0.15, -0.1) is 0 Å². The van der Waals surface area contributed by atoms with E-state index in [9.17, 15) is 26.8 Å². The SMILES string of the molecule is O=C(CNC(=O)C1CCN(S(=O)(=O)c2cc(F)ccc2F)CC1)OCc1ccccc1. The number of sulfonamides is 1. The molecule has 0 saturated carbocycles. The molecule has 1 fully saturated rings. The Kier molecular flexibility index (Phi) is 7.34. The number of nitrogens with one attached hydrogen (secondary N) is 1. The van der Waals surface area contributed by atoms with Gasteiger partial charge in [0.05, 0.1) is 0 Å². The molecule has 7 nitrogen and oxygen atoms in total. The topological polar surface area (TPSA) is 92.8 Å². The molecular weight excluding hydrogens is 430 g/mol. The zero-order chi connectivity index (χ0) is 22.4. The number of esters is 1. The van der Waals surface area contributed by atoms with Gasteiger partial charge in [-0.1, -0.05) is 30.3 Å². The largest absolute Gasteiger partial charge is 0.460 e. The minimum Gasteiger partial charge on any atom is -0.460 e. The molecular formula is C21H22F2N2O5S. The molecule has 1 heterocycles. The number of hydrogen-bond donors (Lipinski definition) is 1. The van der Waals surface area contributed by atoms with Crippen molar-refractivity contribution in [2.45, 2.75) is 24.3 Å². The van der Waals surface area contributed by atoms with E-state index in [2.05, 4.69) is 5.32 Å². The average Bonchev–Trinajstić information content (AvgIpc) is 2.78. The fraction of sp³-hybridized carbons (Fsp3) is 0.333. The number of benzene rings is 2. The third-order valence-corrected chi connectivity index (χ3v) is 6.90. The molecule has 0 bridgehead atoms. The molecule has 3 rings (SSSR count). The minimum atomic E-state index is -4.21. The van der Waals surface area contributed by atoms with E-state index in [1.165, 1.54) is 0 Å². The first-order valence-corrected chi connectivity index (χ1v) is 11.1. The van der Waals surface area contributed by atoms with Crippen molar-refractivity contribution >= 4 is 21.9 Å². The molecule has 1 saturated heterocycles. The fourth-order valence-electron chi connectivity index (χ4n) is 3.27. The molecule has 0 aromatic heterocycles. The van der Waals surface area contributed by atoms with Crippen LogP contribution in [-0.2, 0) is 31.0 Å². The second kappa shape index (κ2) is 9.97. The standard InChI is InChI=1S/C21H22F2N2O5S/c22-17-6-7-18(23)19(12-17)31(28,29)25-10-8-16(9-11-25)21(27)24-13-20(26)30-14-15-4-2-1-3-5-15/h1-7,12,16H,8-11,13-14H2,(H,24,27). The first-order valence-electron chi connectivity index (χ1n) is 9.70. The van der Waals surface area contributed by atoms with E-state index >= 15 is 0 Å². The molecule has 31 heavy (non-hydrogen) atoms. The molecule has 10 heteroatoms. The smallest absolute Gasteiger partial charge is 0.325 e. The van der Waals surface area contributed by atoms with Crippen LogP contribution in [0.4, 0.5) is 8.78 Å². The maximum atomic E-state index is 13.9. The Morgan fingerprint density at radius 2 is 1.74 bits per heavy atom. The summed E-state index contributed by atoms with van der Waals surface area (Å²) in [6, 6.07) is 11.4. The Morgan fingerprint density at radius 3 is 2.42 bits per heavy atom. The summed E-state index contributed by atoms with van der Waals surface area (Å²) in [6.45, 7) is -0.231. The number of carbonyl (C=O) groups excluding carboxylic acids is 2. The van der Waals surface area contributed by atoms with Crippen molar-refractivity contribution in [1.29, 1.82) is 0 Å². The highest BCUT2D eigenvalue weighted by molar-refractivity contribution is 7.89. The van der Waals surface area contributed by atoms with Gasteiger partial charge in [0.25, 0.3) is 0 Å². The van der Waals surface area contributed by atoms with Crippen LogP contribution < -0.4 is 5.32 Å². The van der Waals surface area contributed by atoms with Crippen molar-refractivity contribution in [3.8, 4) is 0 Å². The predicted octanol–water partition coefficient (Wildman–Crippen LogP) is 2.23. The van der Waals surface area contributed by atoms with Crippen molar-refractivity contribution in [3.63, 3.8) is 0 Å². The summed E-state index contributed by atoms with van der Waals surface area (Å²) in [5, 5.41) is 2.50. The third-order valence-electron chi connectivity index (χ3n) is 4.99. The zero-order valence-electron chi connectivity index (χ0n) is 16.6. The van der Waals surface area contributed by atoms with Gasteiger partial charge in [-0.2, -0.15) is 4.31 Å². The summed E-state index contributed by atoms with van der Waals surface area (Å²) in [5.74, 6) is -3.35. The number of ether oxygens (including phenoxy) is 1. The van der Waals surface area contributed by atoms with Crippen LogP contribution in [0.15, 0.2) is 53.4 Å². The van der Waals surface area contributed by atoms with Gasteiger partial charge in [-0.3, -0.25) is 9.59 Å². The fourth-order valence-corrected chi connectivity index (χ4v) is 4.81. The van der Waals surface area contributed by atoms with Crippen molar-refractivity contribution in [1.82, 2.24) is 9.62 Å². The van der Waals surface area contributed by atoms with Gasteiger partial charge in [-0.25, -0.2) is 17.2 Å². The lowest BCUT2D eigenvalue weighted by molar-refractivity contribution is -0.145. The highest BCUT2D eigenvalue weighted by atomic mass is 32.2. The van der Waals surface area contributed by atoms with Crippen LogP contribution in [0.2, 0.25) is 0 Å². The third kappa shape index (κ3) is 5.86. The first-order chi connectivity index (χ1) is 14.8. The maximum Gasteiger partial charge on any atom is 0.325 e. The molecule has 0 spiro atoms. The number of piperidine rings is 1. The average molecular weight is 452 g/mol. The second-order valence-electron chi connectivity index (χ2n) is 7.12. The lowest BCUT2D eigenvalue weighted by atomic mass is 9.97. The summed E-state index contributed by atoms with van der Waals surface area (Å²) in [4.78, 5) is 23.4. The van der Waals surface area contributed by atoms with Gasteiger partial charge in [0.15, 0.2) is 0 Å². The second-order valence-corrected chi connectivity index (χ2v) is 9.02. The molecule has 1 N–H and O–H groups in total. The van der Waals surface area contributed by atoms with Crippen molar-refractivity contribution in [2.75, 3.05) is 19.6 Å². The monoisotopic (exact) mass is 452 g/mol. The number of rotatable bonds is 7. The lowest BCUT2D eigenvalue weighted by Crippen LogP contribution is -2.44. The Morgan fingerprint density at radius 1 is 1.06 bits per heavy atom. The van der Waals surface area contributed by atoms with Gasteiger partial charge in [0.1, 0.15) is 29.7 Å². The Labute approximate surface area is 179 Å². The highest BCUT2D eigenvalue weighted by Crippen LogP contribution is 2.26. The van der Waals surface area contributed by atoms with Crippen LogP contribution in [0.1, 0.15) is 18.4 Å². The van der Waals surface area contributed by atoms with Gasteiger partial charge >= 0.3 is 5.97 Å². The zero-order valence-corrected chi connectivity index (χ0v) is 17.4. The lowest BCUT2D eigenvalue weighted by Gasteiger charge is -2.30. The molecule has 0 radical (unpaired) electrons. The summed E-state index contributed by atoms with van der Waals surface area (Å²) >= 11 is 0. The maximum absolute atomic E-state index is 13.9. The molecule has 1 aliphatic rings. The van der Waals surface area contributed by atoms with Gasteiger partial charge < -0.3 is 10.1 Å². The molecule has 2 aromatic rings. The van der Waals surface area contributed by atoms with Crippen LogP contribution in [0.25, 0.3) is 0 Å². The van der Waals surface area contributed by atoms with Crippen LogP contribution in [0.3, 0.4) is 0 Å². The first kappa shape index (κ1) is 22.8. The predicted molar refractivity (Wildman–Crippen MR) is 107 cm³/mol. The molecule has 0 aliphatic carbocycles. The van der Waals surface area contributed by atoms with Gasteiger partial charge in [-0.05, 0) is 36.6 Å². The van der Waals surface area contributed by atoms with Crippen LogP contribution in [0.5, 0.6) is 0 Å². The van der Waals surface area contributed by atoms with Gasteiger partial charge in [0, 0.05) is 19.0 Å². The van der Waals surface area contributed by atoms with Crippen molar-refractivity contribution in [2.24, 2.45) is 5.92 Å². The van der Waals surface area contributed by atoms with Crippen LogP contribution >= 0.6 is 0 Å². The number of nitrogens with zero attached hydrogens (tertiary/aromatic N) is 1. The summed E-state index contributed by atoms with van der Waals surface area (Å²) in [6.07, 6.45) is 0.391. The Bertz CT molecular complexity index is 1040. The van der Waals surface area contributed by atoms with E-state index in [0.717, 1.165) is 22.0 Å². The summed E-state index contributed by atoms with van der Waals surface area (Å²) in [5.41, 5.74) is 0.825. The van der Waals surface area contributed by atoms with Crippen LogP contribution in [-0.4, -0.2) is 44.2 Å². The van der Waals surface area contributed by atoms with Gasteiger partial charge in [0.2, 0.25) is 15.9 Å². The molecule has 2 aromatic carbocycles. The highest BCUT2D eigenvalue weighted by Gasteiger charge is 2.33. The molecule has 0 atom stereocenters. The number of carbonyl (C=O) groups is 2. The van der Waals surface area contributed by atoms with E-state index in [0.29, 0.717) is 6.07 Å². The molecule has 1 amide bonds. The molecule has 0 unspecified atom stereocenters. The summed E-state index contributed by atoms with van der Waals surface area (Å²) in [7, 11) is -4.21. The van der Waals surface area contributed by atoms with Crippen LogP contribution in [0, 0.1) is 17.6 Å². The Hall–Kier alpha value is -2.85. The van der Waals surface area contributed by atoms with E-state index < -0.39 is 38.4 Å². The Balaban J connectivity index is 1.47. The summed E-state index contributed by atoms with van der Waals surface area (Å²) < 4.78 is 58.6. The molecule has 1 aliphatic heterocycles. The number of hydrogen-bond acceptors (Lipinski definition) is 5. The van der Waals surface area contributed by atoms with Crippen molar-refractivity contribution in [3.05, 3.63) is 65.7 Å². The van der Waals surface area contributed by atoms with E-state index in [4.69, 9.17) is 4.74 Å². The number of halogens is 2. The minimum absolute atomic E-state index is 0.0190. The normalized spacial score (nSPS) is 15.4. The quantitative estimate of drug-likeness (QED) is 0.651. The van der Waals surface area contributed by atoms with E-state index in [1.807, 2.05) is 30.3 Å². The van der Waals surface area contributed by atoms with E-state index in [1.54, 1.807) is 0 Å². The van der Waals surface area contributed by atoms with E-state index in [-0.39, 0.29) is 45.0 Å². The molecule has 166 valence electrons. The number of amides is 1.